The van der Waals surface area contributed by atoms with Crippen LogP contribution < -0.4 is 0 Å². The molecule has 0 aromatic heterocycles. The number of carbonyl (C=O) groups is 1. The third-order valence-corrected chi connectivity index (χ3v) is 1.63. The van der Waals surface area contributed by atoms with E-state index >= 15 is 0 Å². The molecule has 0 saturated heterocycles. The molecule has 0 bridgehead atoms. The Morgan fingerprint density at radius 3 is 2.50 bits per heavy atom. The first-order valence-corrected chi connectivity index (χ1v) is 3.88. The molecule has 0 fully saturated rings. The minimum atomic E-state index is -1.15. The van der Waals surface area contributed by atoms with Crippen molar-refractivity contribution < 1.29 is 9.18 Å². The summed E-state index contributed by atoms with van der Waals surface area (Å²) in [6, 6.07) is 8.73. The molecule has 64 valence electrons. The zero-order chi connectivity index (χ0) is 8.97. The van der Waals surface area contributed by atoms with Crippen LogP contribution >= 0.6 is 0 Å². The Morgan fingerprint density at radius 1 is 1.42 bits per heavy atom. The van der Waals surface area contributed by atoms with E-state index in [4.69, 9.17) is 0 Å². The summed E-state index contributed by atoms with van der Waals surface area (Å²) in [6.07, 6.45) is -1.17. The van der Waals surface area contributed by atoms with Crippen LogP contribution in [-0.4, -0.2) is 5.78 Å². The first kappa shape index (κ1) is 8.91. The average Bonchev–Trinajstić information content (AvgIpc) is 2.05. The van der Waals surface area contributed by atoms with Crippen LogP contribution in [0.15, 0.2) is 30.3 Å². The summed E-state index contributed by atoms with van der Waals surface area (Å²) in [4.78, 5) is 10.6. The van der Waals surface area contributed by atoms with E-state index in [2.05, 4.69) is 0 Å². The van der Waals surface area contributed by atoms with Gasteiger partial charge in [-0.2, -0.15) is 0 Å². The summed E-state index contributed by atoms with van der Waals surface area (Å²) in [5.41, 5.74) is 0.577. The van der Waals surface area contributed by atoms with Gasteiger partial charge in [0, 0.05) is 6.42 Å². The molecule has 0 aliphatic carbocycles. The van der Waals surface area contributed by atoms with Crippen LogP contribution in [-0.2, 0) is 4.79 Å². The second-order valence-corrected chi connectivity index (χ2v) is 2.78. The predicted octanol–water partition coefficient (Wildman–Crippen LogP) is 2.68. The summed E-state index contributed by atoms with van der Waals surface area (Å²) >= 11 is 0. The van der Waals surface area contributed by atoms with Crippen LogP contribution in [0.3, 0.4) is 0 Å². The Bertz CT molecular complexity index is 256. The number of halogens is 1. The molecule has 0 aliphatic rings. The fourth-order valence-corrected chi connectivity index (χ4v) is 1.03. The highest BCUT2D eigenvalue weighted by molar-refractivity contribution is 5.76. The van der Waals surface area contributed by atoms with Gasteiger partial charge in [0.25, 0.3) is 0 Å². The summed E-state index contributed by atoms with van der Waals surface area (Å²) in [7, 11) is 0. The fourth-order valence-electron chi connectivity index (χ4n) is 1.03. The lowest BCUT2D eigenvalue weighted by Gasteiger charge is -2.04. The van der Waals surface area contributed by atoms with Gasteiger partial charge in [-0.15, -0.1) is 0 Å². The fraction of sp³-hybridized carbons (Fsp3) is 0.300. The monoisotopic (exact) mass is 166 g/mol. The van der Waals surface area contributed by atoms with Crippen molar-refractivity contribution in [3.63, 3.8) is 0 Å². The maximum atomic E-state index is 13.2. The molecular weight excluding hydrogens is 155 g/mol. The molecule has 1 aromatic carbocycles. The Balaban J connectivity index is 2.65. The predicted molar refractivity (Wildman–Crippen MR) is 45.6 cm³/mol. The summed E-state index contributed by atoms with van der Waals surface area (Å²) in [5, 5.41) is 0. The lowest BCUT2D eigenvalue weighted by Crippen LogP contribution is -1.98. The molecule has 0 saturated carbocycles. The molecule has 1 rings (SSSR count). The van der Waals surface area contributed by atoms with Gasteiger partial charge in [0.2, 0.25) is 0 Å². The highest BCUT2D eigenvalue weighted by Gasteiger charge is 2.10. The van der Waals surface area contributed by atoms with Gasteiger partial charge in [0.1, 0.15) is 12.0 Å². The Kier molecular flexibility index (Phi) is 2.97. The number of hydrogen-bond donors (Lipinski definition) is 0. The molecule has 1 nitrogen and oxygen atoms in total. The van der Waals surface area contributed by atoms with Crippen LogP contribution in [0.5, 0.6) is 0 Å². The molecule has 2 heteroatoms. The maximum Gasteiger partial charge on any atom is 0.133 e. The number of ketones is 1. The van der Waals surface area contributed by atoms with Crippen molar-refractivity contribution in [2.75, 3.05) is 0 Å². The molecule has 0 radical (unpaired) electrons. The van der Waals surface area contributed by atoms with E-state index in [0.717, 1.165) is 0 Å². The smallest absolute Gasteiger partial charge is 0.133 e. The Morgan fingerprint density at radius 2 is 2.00 bits per heavy atom. The van der Waals surface area contributed by atoms with Crippen LogP contribution in [0.1, 0.15) is 25.1 Å². The molecule has 1 aromatic rings. The van der Waals surface area contributed by atoms with E-state index < -0.39 is 6.17 Å². The Hall–Kier alpha value is -1.18. The van der Waals surface area contributed by atoms with Crippen molar-refractivity contribution in [2.45, 2.75) is 19.5 Å². The van der Waals surface area contributed by atoms with Crippen LogP contribution in [0, 0.1) is 0 Å². The lowest BCUT2D eigenvalue weighted by atomic mass is 10.1. The molecule has 0 aliphatic heterocycles. The molecule has 0 spiro atoms. The first-order chi connectivity index (χ1) is 5.70. The molecule has 0 amide bonds. The zero-order valence-electron chi connectivity index (χ0n) is 6.96. The van der Waals surface area contributed by atoms with Crippen molar-refractivity contribution in [1.29, 1.82) is 0 Å². The van der Waals surface area contributed by atoms with Crippen molar-refractivity contribution in [3.8, 4) is 0 Å². The summed E-state index contributed by atoms with van der Waals surface area (Å²) in [6.45, 7) is 1.40. The Labute approximate surface area is 71.2 Å². The SMILES string of the molecule is CC(=O)CC(F)c1ccccc1. The van der Waals surface area contributed by atoms with E-state index in [1.807, 2.05) is 6.07 Å². The van der Waals surface area contributed by atoms with Crippen LogP contribution in [0.25, 0.3) is 0 Å². The first-order valence-electron chi connectivity index (χ1n) is 3.88. The van der Waals surface area contributed by atoms with Gasteiger partial charge >= 0.3 is 0 Å². The number of alkyl halides is 1. The standard InChI is InChI=1S/C10H11FO/c1-8(12)7-10(11)9-5-3-2-4-6-9/h2-6,10H,7H2,1H3. The van der Waals surface area contributed by atoms with Gasteiger partial charge < -0.3 is 0 Å². The molecule has 0 heterocycles. The largest absolute Gasteiger partial charge is 0.300 e. The van der Waals surface area contributed by atoms with E-state index in [9.17, 15) is 9.18 Å². The molecule has 1 unspecified atom stereocenters. The number of rotatable bonds is 3. The lowest BCUT2D eigenvalue weighted by molar-refractivity contribution is -0.118. The van der Waals surface area contributed by atoms with Gasteiger partial charge in [-0.25, -0.2) is 4.39 Å². The summed E-state index contributed by atoms with van der Waals surface area (Å²) in [5.74, 6) is -0.119. The highest BCUT2D eigenvalue weighted by Crippen LogP contribution is 2.20. The van der Waals surface area contributed by atoms with Gasteiger partial charge in [-0.05, 0) is 12.5 Å². The third-order valence-electron chi connectivity index (χ3n) is 1.63. The minimum absolute atomic E-state index is 0.0238. The quantitative estimate of drug-likeness (QED) is 0.674. The number of Topliss-reactive ketones (excluding diaryl/α,β-unsaturated/α-hetero) is 1. The van der Waals surface area contributed by atoms with Crippen molar-refractivity contribution >= 4 is 5.78 Å². The average molecular weight is 166 g/mol. The van der Waals surface area contributed by atoms with Crippen LogP contribution in [0.4, 0.5) is 4.39 Å². The highest BCUT2D eigenvalue weighted by atomic mass is 19.1. The van der Waals surface area contributed by atoms with E-state index in [-0.39, 0.29) is 12.2 Å². The van der Waals surface area contributed by atoms with Crippen molar-refractivity contribution in [2.24, 2.45) is 0 Å². The number of hydrogen-bond acceptors (Lipinski definition) is 1. The minimum Gasteiger partial charge on any atom is -0.300 e. The second-order valence-electron chi connectivity index (χ2n) is 2.78. The van der Waals surface area contributed by atoms with Gasteiger partial charge in [-0.3, -0.25) is 4.79 Å². The molecule has 0 N–H and O–H groups in total. The van der Waals surface area contributed by atoms with E-state index in [0.29, 0.717) is 5.56 Å². The normalized spacial score (nSPS) is 12.5. The molecule has 12 heavy (non-hydrogen) atoms. The van der Waals surface area contributed by atoms with E-state index in [1.54, 1.807) is 24.3 Å². The number of benzene rings is 1. The zero-order valence-corrected chi connectivity index (χ0v) is 6.96. The van der Waals surface area contributed by atoms with Crippen LogP contribution in [0.2, 0.25) is 0 Å². The molecule has 1 atom stereocenters. The van der Waals surface area contributed by atoms with Crippen molar-refractivity contribution in [3.05, 3.63) is 35.9 Å². The van der Waals surface area contributed by atoms with E-state index in [1.165, 1.54) is 6.92 Å². The topological polar surface area (TPSA) is 17.1 Å². The summed E-state index contributed by atoms with van der Waals surface area (Å²) < 4.78 is 13.2. The van der Waals surface area contributed by atoms with Gasteiger partial charge in [-0.1, -0.05) is 30.3 Å². The maximum absolute atomic E-state index is 13.2. The van der Waals surface area contributed by atoms with Gasteiger partial charge in [0.15, 0.2) is 0 Å². The third kappa shape index (κ3) is 2.46. The van der Waals surface area contributed by atoms with Gasteiger partial charge in [0.05, 0.1) is 0 Å². The number of carbonyl (C=O) groups excluding carboxylic acids is 1. The molecular formula is C10H11FO. The van der Waals surface area contributed by atoms with Crippen molar-refractivity contribution in [1.82, 2.24) is 0 Å². The second kappa shape index (κ2) is 4.00.